The normalized spacial score (nSPS) is 17.6. The minimum Gasteiger partial charge on any atom is -0.396 e. The summed E-state index contributed by atoms with van der Waals surface area (Å²) in [4.78, 5) is 0. The van der Waals surface area contributed by atoms with Gasteiger partial charge in [0.1, 0.15) is 0 Å². The number of hydrogen-bond donors (Lipinski definition) is 1. The molecule has 1 aromatic rings. The molecule has 0 saturated heterocycles. The first kappa shape index (κ1) is 11.7. The third kappa shape index (κ3) is 2.85. The van der Waals surface area contributed by atoms with Crippen LogP contribution in [0.25, 0.3) is 0 Å². The van der Waals surface area contributed by atoms with E-state index in [9.17, 15) is 0 Å². The van der Waals surface area contributed by atoms with Gasteiger partial charge in [0.25, 0.3) is 0 Å². The number of aliphatic hydroxyl groups excluding tert-OH is 1. The highest BCUT2D eigenvalue weighted by Crippen LogP contribution is 2.34. The summed E-state index contributed by atoms with van der Waals surface area (Å²) in [5.74, 6) is 0.781. The highest BCUT2D eigenvalue weighted by molar-refractivity contribution is 5.30. The monoisotopic (exact) mass is 218 g/mol. The van der Waals surface area contributed by atoms with Crippen molar-refractivity contribution in [3.05, 3.63) is 35.4 Å². The molecular formula is C15H22O. The number of aryl methyl sites for hydroxylation is 1. The quantitative estimate of drug-likeness (QED) is 0.817. The molecule has 88 valence electrons. The molecule has 1 heteroatoms. The molecule has 0 heterocycles. The molecular weight excluding hydrogens is 196 g/mol. The van der Waals surface area contributed by atoms with Gasteiger partial charge in [-0.2, -0.15) is 0 Å². The highest BCUT2D eigenvalue weighted by Gasteiger charge is 2.17. The van der Waals surface area contributed by atoms with Crippen LogP contribution in [0.4, 0.5) is 0 Å². The highest BCUT2D eigenvalue weighted by atomic mass is 16.2. The van der Waals surface area contributed by atoms with Gasteiger partial charge in [-0.3, -0.25) is 0 Å². The van der Waals surface area contributed by atoms with Crippen LogP contribution < -0.4 is 0 Å². The Bertz CT molecular complexity index is 313. The van der Waals surface area contributed by atoms with Crippen LogP contribution in [-0.4, -0.2) is 11.7 Å². The Morgan fingerprint density at radius 2 is 1.81 bits per heavy atom. The summed E-state index contributed by atoms with van der Waals surface area (Å²) in [6.07, 6.45) is 8.83. The van der Waals surface area contributed by atoms with Gasteiger partial charge in [0, 0.05) is 6.61 Å². The molecule has 1 aliphatic rings. The molecule has 16 heavy (non-hydrogen) atoms. The maximum Gasteiger partial charge on any atom is 0.0434 e. The molecule has 0 aliphatic heterocycles. The molecule has 1 saturated carbocycles. The summed E-state index contributed by atoms with van der Waals surface area (Å²) >= 11 is 0. The van der Waals surface area contributed by atoms with Crippen molar-refractivity contribution in [2.75, 3.05) is 6.61 Å². The Kier molecular flexibility index (Phi) is 4.41. The van der Waals surface area contributed by atoms with Crippen LogP contribution >= 0.6 is 0 Å². The maximum atomic E-state index is 8.93. The molecule has 1 fully saturated rings. The van der Waals surface area contributed by atoms with E-state index in [0.717, 1.165) is 18.8 Å². The maximum absolute atomic E-state index is 8.93. The smallest absolute Gasteiger partial charge is 0.0434 e. The minimum atomic E-state index is 0.305. The van der Waals surface area contributed by atoms with E-state index in [2.05, 4.69) is 24.3 Å². The Balaban J connectivity index is 2.11. The van der Waals surface area contributed by atoms with Crippen molar-refractivity contribution in [3.8, 4) is 0 Å². The van der Waals surface area contributed by atoms with Crippen LogP contribution in [0.15, 0.2) is 24.3 Å². The van der Waals surface area contributed by atoms with E-state index in [-0.39, 0.29) is 0 Å². The van der Waals surface area contributed by atoms with E-state index in [1.807, 2.05) is 0 Å². The second kappa shape index (κ2) is 6.05. The fraction of sp³-hybridized carbons (Fsp3) is 0.600. The van der Waals surface area contributed by atoms with E-state index in [4.69, 9.17) is 5.11 Å². The first-order valence-corrected chi connectivity index (χ1v) is 6.60. The van der Waals surface area contributed by atoms with Gasteiger partial charge in [0.15, 0.2) is 0 Å². The average molecular weight is 218 g/mol. The number of benzene rings is 1. The number of aliphatic hydroxyl groups is 1. The van der Waals surface area contributed by atoms with Gasteiger partial charge in [-0.25, -0.2) is 0 Å². The fourth-order valence-electron chi connectivity index (χ4n) is 2.84. The topological polar surface area (TPSA) is 20.2 Å². The van der Waals surface area contributed by atoms with Crippen molar-refractivity contribution < 1.29 is 5.11 Å². The number of rotatable bonds is 4. The lowest BCUT2D eigenvalue weighted by molar-refractivity contribution is 0.288. The van der Waals surface area contributed by atoms with E-state index in [1.54, 1.807) is 5.56 Å². The predicted octanol–water partition coefficient (Wildman–Crippen LogP) is 3.66. The molecule has 0 unspecified atom stereocenters. The molecule has 0 spiro atoms. The van der Waals surface area contributed by atoms with Gasteiger partial charge in [-0.05, 0) is 42.7 Å². The van der Waals surface area contributed by atoms with E-state index >= 15 is 0 Å². The van der Waals surface area contributed by atoms with E-state index in [1.165, 1.54) is 37.7 Å². The lowest BCUT2D eigenvalue weighted by atomic mass is 9.81. The summed E-state index contributed by atoms with van der Waals surface area (Å²) in [6.45, 7) is 0.305. The lowest BCUT2D eigenvalue weighted by Crippen LogP contribution is -2.07. The van der Waals surface area contributed by atoms with Crippen molar-refractivity contribution >= 4 is 0 Å². The van der Waals surface area contributed by atoms with Gasteiger partial charge < -0.3 is 5.11 Å². The molecule has 1 nitrogen and oxygen atoms in total. The summed E-state index contributed by atoms with van der Waals surface area (Å²) in [5, 5.41) is 8.93. The first-order valence-electron chi connectivity index (χ1n) is 6.60. The van der Waals surface area contributed by atoms with Gasteiger partial charge in [0.2, 0.25) is 0 Å². The van der Waals surface area contributed by atoms with Crippen molar-refractivity contribution in [1.29, 1.82) is 0 Å². The van der Waals surface area contributed by atoms with Gasteiger partial charge >= 0.3 is 0 Å². The van der Waals surface area contributed by atoms with Gasteiger partial charge in [0.05, 0.1) is 0 Å². The third-order valence-corrected chi connectivity index (χ3v) is 3.70. The molecule has 0 aromatic heterocycles. The summed E-state index contributed by atoms with van der Waals surface area (Å²) in [7, 11) is 0. The zero-order chi connectivity index (χ0) is 11.2. The second-order valence-corrected chi connectivity index (χ2v) is 4.86. The van der Waals surface area contributed by atoms with Crippen LogP contribution in [0.2, 0.25) is 0 Å². The third-order valence-electron chi connectivity index (χ3n) is 3.70. The average Bonchev–Trinajstić information content (AvgIpc) is 2.38. The molecule has 0 atom stereocenters. The zero-order valence-electron chi connectivity index (χ0n) is 9.99. The SMILES string of the molecule is OCCCc1ccccc1C1CCCCC1. The number of hydrogen-bond acceptors (Lipinski definition) is 1. The molecule has 0 radical (unpaired) electrons. The Labute approximate surface area is 98.5 Å². The van der Waals surface area contributed by atoms with Crippen molar-refractivity contribution in [1.82, 2.24) is 0 Å². The Morgan fingerprint density at radius 1 is 1.06 bits per heavy atom. The zero-order valence-corrected chi connectivity index (χ0v) is 9.99. The van der Waals surface area contributed by atoms with E-state index < -0.39 is 0 Å². The van der Waals surface area contributed by atoms with Crippen LogP contribution in [-0.2, 0) is 6.42 Å². The molecule has 1 N–H and O–H groups in total. The molecule has 2 rings (SSSR count). The van der Waals surface area contributed by atoms with Gasteiger partial charge in [-0.1, -0.05) is 43.5 Å². The first-order chi connectivity index (χ1) is 7.92. The fourth-order valence-corrected chi connectivity index (χ4v) is 2.84. The van der Waals surface area contributed by atoms with Gasteiger partial charge in [-0.15, -0.1) is 0 Å². The van der Waals surface area contributed by atoms with Crippen LogP contribution in [0, 0.1) is 0 Å². The standard InChI is InChI=1S/C15H22O/c16-12-6-10-14-9-4-5-11-15(14)13-7-2-1-3-8-13/h4-5,9,11,13,16H,1-3,6-8,10,12H2. The van der Waals surface area contributed by atoms with Crippen LogP contribution in [0.5, 0.6) is 0 Å². The Morgan fingerprint density at radius 3 is 2.56 bits per heavy atom. The Hall–Kier alpha value is -0.820. The van der Waals surface area contributed by atoms with E-state index in [0.29, 0.717) is 6.61 Å². The summed E-state index contributed by atoms with van der Waals surface area (Å²) in [5.41, 5.74) is 3.01. The second-order valence-electron chi connectivity index (χ2n) is 4.86. The molecule has 0 bridgehead atoms. The van der Waals surface area contributed by atoms with Crippen LogP contribution in [0.3, 0.4) is 0 Å². The molecule has 1 aliphatic carbocycles. The predicted molar refractivity (Wildman–Crippen MR) is 67.7 cm³/mol. The van der Waals surface area contributed by atoms with Crippen molar-refractivity contribution in [3.63, 3.8) is 0 Å². The summed E-state index contributed by atoms with van der Waals surface area (Å²) in [6, 6.07) is 8.81. The largest absolute Gasteiger partial charge is 0.396 e. The van der Waals surface area contributed by atoms with Crippen LogP contribution in [0.1, 0.15) is 55.6 Å². The molecule has 0 amide bonds. The lowest BCUT2D eigenvalue weighted by Gasteiger charge is -2.24. The summed E-state index contributed by atoms with van der Waals surface area (Å²) < 4.78 is 0. The minimum absolute atomic E-state index is 0.305. The van der Waals surface area contributed by atoms with Crippen molar-refractivity contribution in [2.24, 2.45) is 0 Å². The molecule has 1 aromatic carbocycles. The van der Waals surface area contributed by atoms with Crippen molar-refractivity contribution in [2.45, 2.75) is 50.9 Å².